The fraction of sp³-hybridized carbons (Fsp3) is 0.333. The average molecular weight is 251 g/mol. The first-order valence-electron chi connectivity index (χ1n) is 5.33. The molecule has 17 heavy (non-hydrogen) atoms. The van der Waals surface area contributed by atoms with Gasteiger partial charge in [-0.05, 0) is 24.6 Å². The Bertz CT molecular complexity index is 431. The molecule has 0 N–H and O–H groups in total. The van der Waals surface area contributed by atoms with E-state index < -0.39 is 0 Å². The van der Waals surface area contributed by atoms with Gasteiger partial charge in [0.25, 0.3) is 5.24 Å². The van der Waals surface area contributed by atoms with E-state index in [-0.39, 0.29) is 16.9 Å². The minimum atomic E-state index is -0.178. The third-order valence-corrected chi connectivity index (χ3v) is 3.27. The molecule has 0 aromatic heterocycles. The van der Waals surface area contributed by atoms with Crippen LogP contribution in [0.3, 0.4) is 0 Å². The van der Waals surface area contributed by atoms with Crippen LogP contribution in [0.1, 0.15) is 5.56 Å². The van der Waals surface area contributed by atoms with Gasteiger partial charge in [-0.2, -0.15) is 0 Å². The van der Waals surface area contributed by atoms with E-state index in [1.165, 1.54) is 4.90 Å². The lowest BCUT2D eigenvalue weighted by Gasteiger charge is -2.13. The molecule has 0 atom stereocenters. The lowest BCUT2D eigenvalue weighted by molar-refractivity contribution is -0.124. The molecule has 1 aromatic carbocycles. The molecular formula is C12H13NO3S. The van der Waals surface area contributed by atoms with Crippen molar-refractivity contribution in [2.24, 2.45) is 0 Å². The van der Waals surface area contributed by atoms with Gasteiger partial charge in [-0.1, -0.05) is 23.9 Å². The molecule has 2 amide bonds. The molecule has 4 nitrogen and oxygen atoms in total. The number of aryl methyl sites for hydroxylation is 1. The van der Waals surface area contributed by atoms with Gasteiger partial charge in [-0.3, -0.25) is 14.5 Å². The van der Waals surface area contributed by atoms with Gasteiger partial charge in [0, 0.05) is 0 Å². The van der Waals surface area contributed by atoms with Crippen molar-refractivity contribution in [2.45, 2.75) is 6.92 Å². The van der Waals surface area contributed by atoms with Gasteiger partial charge in [0.15, 0.2) is 0 Å². The number of hydrogen-bond acceptors (Lipinski definition) is 4. The van der Waals surface area contributed by atoms with Crippen molar-refractivity contribution in [3.8, 4) is 5.75 Å². The highest BCUT2D eigenvalue weighted by Crippen LogP contribution is 2.18. The Hall–Kier alpha value is -1.49. The van der Waals surface area contributed by atoms with Gasteiger partial charge in [0.1, 0.15) is 12.4 Å². The smallest absolute Gasteiger partial charge is 0.288 e. The Morgan fingerprint density at radius 3 is 2.88 bits per heavy atom. The predicted octanol–water partition coefficient (Wildman–Crippen LogP) is 2.07. The number of benzene rings is 1. The number of nitrogens with zero attached hydrogens (tertiary/aromatic N) is 1. The summed E-state index contributed by atoms with van der Waals surface area (Å²) in [5, 5.41) is -0.178. The van der Waals surface area contributed by atoms with E-state index in [0.717, 1.165) is 23.1 Å². The molecule has 5 heteroatoms. The number of imide groups is 1. The van der Waals surface area contributed by atoms with Crippen molar-refractivity contribution in [2.75, 3.05) is 18.9 Å². The van der Waals surface area contributed by atoms with Crippen molar-refractivity contribution < 1.29 is 14.3 Å². The van der Waals surface area contributed by atoms with E-state index >= 15 is 0 Å². The normalized spacial score (nSPS) is 15.5. The average Bonchev–Trinajstić information content (AvgIpc) is 2.61. The molecule has 2 rings (SSSR count). The lowest BCUT2D eigenvalue weighted by atomic mass is 10.2. The summed E-state index contributed by atoms with van der Waals surface area (Å²) in [5.74, 6) is 0.883. The van der Waals surface area contributed by atoms with Crippen LogP contribution >= 0.6 is 11.8 Å². The van der Waals surface area contributed by atoms with Gasteiger partial charge >= 0.3 is 0 Å². The second-order valence-electron chi connectivity index (χ2n) is 3.76. The molecule has 1 heterocycles. The number of ether oxygens (including phenoxy) is 1. The van der Waals surface area contributed by atoms with Crippen LogP contribution in [0, 0.1) is 6.92 Å². The van der Waals surface area contributed by atoms with Crippen molar-refractivity contribution in [1.82, 2.24) is 4.90 Å². The monoisotopic (exact) mass is 251 g/mol. The fourth-order valence-corrected chi connectivity index (χ4v) is 2.31. The van der Waals surface area contributed by atoms with E-state index in [9.17, 15) is 9.59 Å². The molecule has 1 aliphatic heterocycles. The zero-order chi connectivity index (χ0) is 12.3. The number of carbonyl (C=O) groups excluding carboxylic acids is 2. The maximum Gasteiger partial charge on any atom is 0.288 e. The molecule has 1 saturated heterocycles. The Kier molecular flexibility index (Phi) is 3.68. The molecule has 1 fully saturated rings. The lowest BCUT2D eigenvalue weighted by Crippen LogP contribution is -2.32. The van der Waals surface area contributed by atoms with Crippen molar-refractivity contribution in [3.63, 3.8) is 0 Å². The maximum absolute atomic E-state index is 11.3. The zero-order valence-corrected chi connectivity index (χ0v) is 10.3. The second kappa shape index (κ2) is 5.23. The topological polar surface area (TPSA) is 46.6 Å². The van der Waals surface area contributed by atoms with E-state index in [2.05, 4.69) is 0 Å². The van der Waals surface area contributed by atoms with Gasteiger partial charge < -0.3 is 4.74 Å². The maximum atomic E-state index is 11.3. The summed E-state index contributed by atoms with van der Waals surface area (Å²) in [4.78, 5) is 23.8. The minimum absolute atomic E-state index is 0.132. The summed E-state index contributed by atoms with van der Waals surface area (Å²) in [7, 11) is 0. The predicted molar refractivity (Wildman–Crippen MR) is 66.2 cm³/mol. The number of rotatable bonds is 4. The van der Waals surface area contributed by atoms with Gasteiger partial charge in [-0.15, -0.1) is 0 Å². The molecule has 0 bridgehead atoms. The molecule has 0 aliphatic carbocycles. The number of thioether (sulfide) groups is 1. The zero-order valence-electron chi connectivity index (χ0n) is 9.51. The van der Waals surface area contributed by atoms with Crippen LogP contribution in [0.5, 0.6) is 5.75 Å². The molecular weight excluding hydrogens is 238 g/mol. The number of carbonyl (C=O) groups is 2. The summed E-state index contributed by atoms with van der Waals surface area (Å²) in [5.41, 5.74) is 1.12. The highest BCUT2D eigenvalue weighted by molar-refractivity contribution is 8.14. The van der Waals surface area contributed by atoms with Gasteiger partial charge in [-0.25, -0.2) is 0 Å². The first-order chi connectivity index (χ1) is 8.16. The first kappa shape index (κ1) is 12.0. The Morgan fingerprint density at radius 1 is 1.41 bits per heavy atom. The van der Waals surface area contributed by atoms with E-state index in [1.807, 2.05) is 31.2 Å². The van der Waals surface area contributed by atoms with Gasteiger partial charge in [0.05, 0.1) is 12.3 Å². The third-order valence-electron chi connectivity index (χ3n) is 2.41. The largest absolute Gasteiger partial charge is 0.492 e. The van der Waals surface area contributed by atoms with Crippen LogP contribution in [0.4, 0.5) is 4.79 Å². The number of hydrogen-bond donors (Lipinski definition) is 0. The van der Waals surface area contributed by atoms with E-state index in [0.29, 0.717) is 13.2 Å². The molecule has 90 valence electrons. The molecule has 0 saturated carbocycles. The summed E-state index contributed by atoms with van der Waals surface area (Å²) >= 11 is 1.04. The summed E-state index contributed by atoms with van der Waals surface area (Å²) in [6.45, 7) is 2.64. The van der Waals surface area contributed by atoms with Crippen LogP contribution in [-0.2, 0) is 4.79 Å². The van der Waals surface area contributed by atoms with Crippen LogP contribution in [0.15, 0.2) is 24.3 Å². The van der Waals surface area contributed by atoms with E-state index in [1.54, 1.807) is 0 Å². The highest BCUT2D eigenvalue weighted by atomic mass is 32.2. The highest BCUT2D eigenvalue weighted by Gasteiger charge is 2.29. The van der Waals surface area contributed by atoms with Crippen LogP contribution in [0.25, 0.3) is 0 Å². The molecule has 0 radical (unpaired) electrons. The van der Waals surface area contributed by atoms with Crippen molar-refractivity contribution >= 4 is 22.9 Å². The second-order valence-corrected chi connectivity index (χ2v) is 4.69. The Balaban J connectivity index is 1.83. The minimum Gasteiger partial charge on any atom is -0.492 e. The standard InChI is InChI=1S/C12H13NO3S/c1-9-3-2-4-10(7-9)16-6-5-13-11(14)8-17-12(13)15/h2-4,7H,5-6,8H2,1H3. The number of amides is 2. The summed E-state index contributed by atoms with van der Waals surface area (Å²) in [6.07, 6.45) is 0. The quantitative estimate of drug-likeness (QED) is 0.822. The van der Waals surface area contributed by atoms with Gasteiger partial charge in [0.2, 0.25) is 5.91 Å². The van der Waals surface area contributed by atoms with E-state index in [4.69, 9.17) is 4.74 Å². The van der Waals surface area contributed by atoms with Crippen molar-refractivity contribution in [3.05, 3.63) is 29.8 Å². The first-order valence-corrected chi connectivity index (χ1v) is 6.32. The Morgan fingerprint density at radius 2 is 2.24 bits per heavy atom. The molecule has 1 aliphatic rings. The van der Waals surface area contributed by atoms with Crippen LogP contribution in [-0.4, -0.2) is 35.0 Å². The van der Waals surface area contributed by atoms with Crippen molar-refractivity contribution in [1.29, 1.82) is 0 Å². The molecule has 0 unspecified atom stereocenters. The molecule has 1 aromatic rings. The van der Waals surface area contributed by atoms with Crippen LogP contribution < -0.4 is 4.74 Å². The van der Waals surface area contributed by atoms with Crippen LogP contribution in [0.2, 0.25) is 0 Å². The fourth-order valence-electron chi connectivity index (χ4n) is 1.56. The Labute approximate surface area is 104 Å². The summed E-state index contributed by atoms with van der Waals surface area (Å²) < 4.78 is 5.49. The molecule has 0 spiro atoms. The SMILES string of the molecule is Cc1cccc(OCCN2C(=O)CSC2=O)c1. The summed E-state index contributed by atoms with van der Waals surface area (Å²) in [6, 6.07) is 7.67. The third kappa shape index (κ3) is 3.00.